The minimum Gasteiger partial charge on any atom is -0.491 e. The van der Waals surface area contributed by atoms with E-state index in [1.807, 2.05) is 26.0 Å². The molecule has 3 N–H and O–H groups in total. The van der Waals surface area contributed by atoms with E-state index < -0.39 is 12.0 Å². The molecule has 2 atom stereocenters. The molecular weight excluding hydrogens is 298 g/mol. The first kappa shape index (κ1) is 17.1. The number of hydrogen-bond acceptors (Lipinski definition) is 4. The molecule has 0 unspecified atom stereocenters. The third kappa shape index (κ3) is 4.85. The predicted molar refractivity (Wildman–Crippen MR) is 86.3 cm³/mol. The summed E-state index contributed by atoms with van der Waals surface area (Å²) in [4.78, 5) is 25.0. The van der Waals surface area contributed by atoms with Crippen molar-refractivity contribution in [3.63, 3.8) is 0 Å². The summed E-state index contributed by atoms with van der Waals surface area (Å²) in [5, 5.41) is 2.80. The van der Waals surface area contributed by atoms with Crippen LogP contribution in [-0.4, -0.2) is 48.7 Å². The molecule has 126 valence electrons. The third-order valence-corrected chi connectivity index (χ3v) is 3.67. The van der Waals surface area contributed by atoms with Gasteiger partial charge in [-0.15, -0.1) is 0 Å². The predicted octanol–water partition coefficient (Wildman–Crippen LogP) is 1.58. The summed E-state index contributed by atoms with van der Waals surface area (Å²) in [5.74, 6) is 0.139. The quantitative estimate of drug-likeness (QED) is 0.861. The Hall–Kier alpha value is -2.28. The number of primary amides is 1. The van der Waals surface area contributed by atoms with Crippen molar-refractivity contribution >= 4 is 17.6 Å². The molecule has 1 heterocycles. The van der Waals surface area contributed by atoms with Gasteiger partial charge < -0.3 is 25.4 Å². The van der Waals surface area contributed by atoms with Crippen molar-refractivity contribution in [2.24, 2.45) is 5.73 Å². The summed E-state index contributed by atoms with van der Waals surface area (Å²) in [6, 6.07) is 6.93. The molecular formula is C16H23N3O4. The van der Waals surface area contributed by atoms with Crippen molar-refractivity contribution in [1.29, 1.82) is 0 Å². The lowest BCUT2D eigenvalue weighted by atomic mass is 10.2. The molecule has 0 radical (unpaired) electrons. The molecule has 0 spiro atoms. The number of benzene rings is 1. The molecule has 0 saturated carbocycles. The van der Waals surface area contributed by atoms with Crippen molar-refractivity contribution in [2.75, 3.05) is 25.0 Å². The van der Waals surface area contributed by atoms with Gasteiger partial charge >= 0.3 is 6.03 Å². The van der Waals surface area contributed by atoms with Gasteiger partial charge in [0, 0.05) is 18.3 Å². The van der Waals surface area contributed by atoms with Crippen LogP contribution in [0.4, 0.5) is 10.5 Å². The van der Waals surface area contributed by atoms with E-state index in [-0.39, 0.29) is 25.3 Å². The van der Waals surface area contributed by atoms with Crippen LogP contribution in [0, 0.1) is 0 Å². The number of nitrogens with one attached hydrogen (secondary N) is 1. The number of anilines is 1. The monoisotopic (exact) mass is 321 g/mol. The van der Waals surface area contributed by atoms with E-state index in [0.29, 0.717) is 18.0 Å². The lowest BCUT2D eigenvalue weighted by molar-refractivity contribution is -0.133. The van der Waals surface area contributed by atoms with Crippen LogP contribution in [0.1, 0.15) is 20.3 Å². The number of carbonyl (C=O) groups excluding carboxylic acids is 2. The second-order valence-electron chi connectivity index (χ2n) is 5.50. The van der Waals surface area contributed by atoms with Crippen molar-refractivity contribution in [3.05, 3.63) is 24.3 Å². The number of carbonyl (C=O) groups is 2. The molecule has 7 heteroatoms. The van der Waals surface area contributed by atoms with Gasteiger partial charge in [-0.2, -0.15) is 0 Å². The number of urea groups is 1. The van der Waals surface area contributed by atoms with Crippen molar-refractivity contribution < 1.29 is 19.1 Å². The van der Waals surface area contributed by atoms with Crippen LogP contribution in [0.3, 0.4) is 0 Å². The van der Waals surface area contributed by atoms with Gasteiger partial charge in [0.1, 0.15) is 5.75 Å². The number of rotatable bonds is 5. The van der Waals surface area contributed by atoms with Gasteiger partial charge in [0.2, 0.25) is 5.91 Å². The number of hydrogen-bond donors (Lipinski definition) is 2. The molecule has 1 aromatic rings. The lowest BCUT2D eigenvalue weighted by Gasteiger charge is -2.31. The van der Waals surface area contributed by atoms with E-state index in [9.17, 15) is 9.59 Å². The van der Waals surface area contributed by atoms with E-state index in [1.165, 1.54) is 4.90 Å². The SMILES string of the molecule is CC[C@@H](C)Oc1cccc(NC(=O)N2CCO[C@H](C(N)=O)C2)c1. The average Bonchev–Trinajstić information content (AvgIpc) is 2.55. The second-order valence-corrected chi connectivity index (χ2v) is 5.50. The van der Waals surface area contributed by atoms with Crippen LogP contribution >= 0.6 is 0 Å². The second kappa shape index (κ2) is 7.82. The highest BCUT2D eigenvalue weighted by molar-refractivity contribution is 5.90. The first-order chi connectivity index (χ1) is 11.0. The fourth-order valence-electron chi connectivity index (χ4n) is 2.17. The molecule has 2 rings (SSSR count). The molecule has 1 saturated heterocycles. The Balaban J connectivity index is 1.97. The molecule has 3 amide bonds. The largest absolute Gasteiger partial charge is 0.491 e. The minimum atomic E-state index is -0.755. The van der Waals surface area contributed by atoms with Gasteiger partial charge in [-0.1, -0.05) is 13.0 Å². The molecule has 0 bridgehead atoms. The number of morpholine rings is 1. The van der Waals surface area contributed by atoms with Gasteiger partial charge in [0.05, 0.1) is 19.3 Å². The summed E-state index contributed by atoms with van der Waals surface area (Å²) >= 11 is 0. The van der Waals surface area contributed by atoms with E-state index in [4.69, 9.17) is 15.2 Å². The van der Waals surface area contributed by atoms with Crippen molar-refractivity contribution in [1.82, 2.24) is 4.90 Å². The van der Waals surface area contributed by atoms with Gasteiger partial charge in [-0.05, 0) is 25.5 Å². The first-order valence-corrected chi connectivity index (χ1v) is 7.73. The number of amides is 3. The summed E-state index contributed by atoms with van der Waals surface area (Å²) in [5.41, 5.74) is 5.86. The summed E-state index contributed by atoms with van der Waals surface area (Å²) < 4.78 is 11.0. The number of ether oxygens (including phenoxy) is 2. The maximum absolute atomic E-state index is 12.3. The zero-order chi connectivity index (χ0) is 16.8. The van der Waals surface area contributed by atoms with Crippen LogP contribution in [0.5, 0.6) is 5.75 Å². The van der Waals surface area contributed by atoms with E-state index in [0.717, 1.165) is 6.42 Å². The zero-order valence-corrected chi connectivity index (χ0v) is 13.5. The van der Waals surface area contributed by atoms with Crippen LogP contribution in [0.15, 0.2) is 24.3 Å². The van der Waals surface area contributed by atoms with Gasteiger partial charge in [0.25, 0.3) is 0 Å². The zero-order valence-electron chi connectivity index (χ0n) is 13.5. The van der Waals surface area contributed by atoms with Crippen LogP contribution in [0.2, 0.25) is 0 Å². The Morgan fingerprint density at radius 2 is 2.30 bits per heavy atom. The summed E-state index contributed by atoms with van der Waals surface area (Å²) in [6.07, 6.45) is 0.255. The molecule has 1 aliphatic rings. The Bertz CT molecular complexity index is 564. The van der Waals surface area contributed by atoms with E-state index >= 15 is 0 Å². The lowest BCUT2D eigenvalue weighted by Crippen LogP contribution is -2.51. The Labute approximate surface area is 135 Å². The maximum atomic E-state index is 12.3. The Morgan fingerprint density at radius 1 is 1.52 bits per heavy atom. The number of nitrogens with two attached hydrogens (primary N) is 1. The molecule has 0 aliphatic carbocycles. The highest BCUT2D eigenvalue weighted by atomic mass is 16.5. The van der Waals surface area contributed by atoms with Crippen LogP contribution in [0.25, 0.3) is 0 Å². The normalized spacial score (nSPS) is 19.0. The standard InChI is InChI=1S/C16H23N3O4/c1-3-11(2)23-13-6-4-5-12(9-13)18-16(21)19-7-8-22-14(10-19)15(17)20/h4-6,9,11,14H,3,7-8,10H2,1-2H3,(H2,17,20)(H,18,21)/t11-,14+/m1/s1. The third-order valence-electron chi connectivity index (χ3n) is 3.67. The summed E-state index contributed by atoms with van der Waals surface area (Å²) in [7, 11) is 0. The fourth-order valence-corrected chi connectivity index (χ4v) is 2.17. The topological polar surface area (TPSA) is 93.9 Å². The highest BCUT2D eigenvalue weighted by Crippen LogP contribution is 2.20. The smallest absolute Gasteiger partial charge is 0.322 e. The van der Waals surface area contributed by atoms with Gasteiger partial charge in [0.15, 0.2) is 6.10 Å². The molecule has 0 aromatic heterocycles. The maximum Gasteiger partial charge on any atom is 0.322 e. The first-order valence-electron chi connectivity index (χ1n) is 7.73. The van der Waals surface area contributed by atoms with Crippen molar-refractivity contribution in [3.8, 4) is 5.75 Å². The number of nitrogens with zero attached hydrogens (tertiary/aromatic N) is 1. The summed E-state index contributed by atoms with van der Waals surface area (Å²) in [6.45, 7) is 4.90. The van der Waals surface area contributed by atoms with Gasteiger partial charge in [-0.25, -0.2) is 4.79 Å². The highest BCUT2D eigenvalue weighted by Gasteiger charge is 2.27. The average molecular weight is 321 g/mol. The molecule has 23 heavy (non-hydrogen) atoms. The fraction of sp³-hybridized carbons (Fsp3) is 0.500. The molecule has 1 aliphatic heterocycles. The van der Waals surface area contributed by atoms with E-state index in [2.05, 4.69) is 5.32 Å². The minimum absolute atomic E-state index is 0.108. The van der Waals surface area contributed by atoms with E-state index in [1.54, 1.807) is 12.1 Å². The Morgan fingerprint density at radius 3 is 3.00 bits per heavy atom. The van der Waals surface area contributed by atoms with Crippen LogP contribution in [-0.2, 0) is 9.53 Å². The van der Waals surface area contributed by atoms with Crippen molar-refractivity contribution in [2.45, 2.75) is 32.5 Å². The molecule has 1 aromatic carbocycles. The Kier molecular flexibility index (Phi) is 5.81. The molecule has 7 nitrogen and oxygen atoms in total. The van der Waals surface area contributed by atoms with Gasteiger partial charge in [-0.3, -0.25) is 4.79 Å². The molecule has 1 fully saturated rings. The van der Waals surface area contributed by atoms with Crippen LogP contribution < -0.4 is 15.8 Å².